The van der Waals surface area contributed by atoms with Crippen LogP contribution in [0.2, 0.25) is 0 Å². The fraction of sp³-hybridized carbons (Fsp3) is 0.104. The van der Waals surface area contributed by atoms with E-state index in [-0.39, 0.29) is 97.2 Å². The number of ether oxygens (including phenoxy) is 1. The second kappa shape index (κ2) is 19.2. The van der Waals surface area contributed by atoms with Gasteiger partial charge in [0.25, 0.3) is 0 Å². The molecule has 2 aromatic heterocycles. The van der Waals surface area contributed by atoms with E-state index in [1.54, 1.807) is 47.0 Å². The smallest absolute Gasteiger partial charge is 0.135 e. The zero-order valence-corrected chi connectivity index (χ0v) is 42.7. The van der Waals surface area contributed by atoms with Gasteiger partial charge in [-0.05, 0) is 80.0 Å². The number of para-hydroxylation sites is 3. The topological polar surface area (TPSA) is 33.5 Å². The van der Waals surface area contributed by atoms with Crippen LogP contribution in [0.5, 0.6) is 11.5 Å². The largest absolute Gasteiger partial charge is 0.509 e. The molecule has 1 aliphatic heterocycles. The van der Waals surface area contributed by atoms with E-state index in [2.05, 4.69) is 50.0 Å². The predicted octanol–water partition coefficient (Wildman–Crippen LogP) is 17.6. The van der Waals surface area contributed by atoms with Gasteiger partial charge in [0.1, 0.15) is 5.82 Å². The maximum Gasteiger partial charge on any atom is 0.135 e. The van der Waals surface area contributed by atoms with Gasteiger partial charge in [0.05, 0.1) is 17.8 Å². The average molecular weight is 1140 g/mol. The first-order valence-corrected chi connectivity index (χ1v) is 23.6. The number of benzene rings is 9. The molecule has 0 radical (unpaired) electrons. The van der Waals surface area contributed by atoms with Crippen molar-refractivity contribution in [1.29, 1.82) is 0 Å². The summed E-state index contributed by atoms with van der Waals surface area (Å²) in [6, 6.07) is 47.5. The van der Waals surface area contributed by atoms with Crippen molar-refractivity contribution in [2.45, 2.75) is 45.4 Å². The minimum atomic E-state index is -0.924. The Labute approximate surface area is 461 Å². The van der Waals surface area contributed by atoms with Crippen LogP contribution in [0.25, 0.3) is 61.0 Å². The zero-order valence-electron chi connectivity index (χ0n) is 53.4. The summed E-state index contributed by atoms with van der Waals surface area (Å²) in [6.45, 7) is 12.1. The number of anilines is 4. The average Bonchev–Trinajstić information content (AvgIpc) is 1.53. The van der Waals surface area contributed by atoms with E-state index in [9.17, 15) is 1.37 Å². The number of fused-ring (bicyclic) bond motifs is 4. The summed E-state index contributed by atoms with van der Waals surface area (Å²) in [5.74, 6) is 0.571. The van der Waals surface area contributed by atoms with Gasteiger partial charge in [-0.15, -0.1) is 48.1 Å². The minimum absolute atomic E-state index is 0. The number of nitrogens with zero attached hydrogens (tertiary/aromatic N) is 4. The van der Waals surface area contributed by atoms with Gasteiger partial charge in [0, 0.05) is 77.9 Å². The molecular formula is C67H53N4OPt-3. The van der Waals surface area contributed by atoms with Crippen LogP contribution < -0.4 is 14.5 Å². The van der Waals surface area contributed by atoms with Crippen LogP contribution >= 0.6 is 0 Å². The maximum absolute atomic E-state index is 9.87. The van der Waals surface area contributed by atoms with Gasteiger partial charge in [0.15, 0.2) is 0 Å². The van der Waals surface area contributed by atoms with Crippen molar-refractivity contribution < 1.29 is 43.6 Å². The van der Waals surface area contributed by atoms with Crippen molar-refractivity contribution in [1.82, 2.24) is 9.55 Å². The Kier molecular flexibility index (Phi) is 9.05. The Morgan fingerprint density at radius 2 is 1.19 bits per heavy atom. The Hall–Kier alpha value is -7.98. The molecule has 0 aliphatic carbocycles. The van der Waals surface area contributed by atoms with E-state index < -0.39 is 41.7 Å². The van der Waals surface area contributed by atoms with Crippen LogP contribution in [0.15, 0.2) is 224 Å². The molecule has 0 fully saturated rings. The first-order chi connectivity index (χ1) is 40.5. The number of aromatic nitrogens is 2. The second-order valence-electron chi connectivity index (χ2n) is 19.2. The fourth-order valence-corrected chi connectivity index (χ4v) is 9.49. The van der Waals surface area contributed by atoms with Gasteiger partial charge in [-0.25, -0.2) is 4.98 Å². The molecule has 0 saturated heterocycles. The zero-order chi connectivity index (χ0) is 60.3. The summed E-state index contributed by atoms with van der Waals surface area (Å²) in [4.78, 5) is 8.54. The molecule has 0 atom stereocenters. The molecular weight excluding hydrogens is 1070 g/mol. The molecule has 6 heteroatoms. The molecule has 73 heavy (non-hydrogen) atoms. The normalized spacial score (nSPS) is 15.0. The first-order valence-electron chi connectivity index (χ1n) is 30.1. The first kappa shape index (κ1) is 34.4. The van der Waals surface area contributed by atoms with Gasteiger partial charge in [-0.1, -0.05) is 198 Å². The number of pyridine rings is 1. The molecule has 11 aromatic rings. The molecule has 0 N–H and O–H groups in total. The Morgan fingerprint density at radius 3 is 1.95 bits per heavy atom. The van der Waals surface area contributed by atoms with E-state index in [1.807, 2.05) is 121 Å². The van der Waals surface area contributed by atoms with Crippen molar-refractivity contribution in [3.63, 3.8) is 0 Å². The molecule has 1 aliphatic rings. The summed E-state index contributed by atoms with van der Waals surface area (Å²) < 4.78 is 123. The maximum atomic E-state index is 9.87. The third kappa shape index (κ3) is 8.83. The van der Waals surface area contributed by atoms with Crippen molar-refractivity contribution in [2.24, 2.45) is 0 Å². The van der Waals surface area contributed by atoms with E-state index >= 15 is 0 Å². The van der Waals surface area contributed by atoms with E-state index in [4.69, 9.17) is 21.2 Å². The number of rotatable bonds is 10. The van der Waals surface area contributed by atoms with Gasteiger partial charge in [-0.2, -0.15) is 12.1 Å². The Bertz CT molecular complexity index is 4530. The Morgan fingerprint density at radius 1 is 0.534 bits per heavy atom. The van der Waals surface area contributed by atoms with Crippen LogP contribution in [-0.4, -0.2) is 9.55 Å². The minimum Gasteiger partial charge on any atom is -0.509 e. The summed E-state index contributed by atoms with van der Waals surface area (Å²) >= 11 is 0. The van der Waals surface area contributed by atoms with Crippen molar-refractivity contribution in [2.75, 3.05) is 9.80 Å². The van der Waals surface area contributed by atoms with Crippen LogP contribution in [0.1, 0.15) is 69.1 Å². The molecule has 0 amide bonds. The molecule has 3 heterocycles. The summed E-state index contributed by atoms with van der Waals surface area (Å²) in [5, 5.41) is 1.14. The molecule has 0 saturated carbocycles. The van der Waals surface area contributed by atoms with E-state index in [0.29, 0.717) is 50.1 Å². The van der Waals surface area contributed by atoms with Gasteiger partial charge >= 0.3 is 0 Å². The Balaban J connectivity index is 0.00000768. The van der Waals surface area contributed by atoms with Crippen LogP contribution in [-0.2, 0) is 31.9 Å². The van der Waals surface area contributed by atoms with Crippen molar-refractivity contribution in [3.05, 3.63) is 260 Å². The quantitative estimate of drug-likeness (QED) is 0.128. The predicted molar refractivity (Wildman–Crippen MR) is 298 cm³/mol. The van der Waals surface area contributed by atoms with Crippen LogP contribution in [0.3, 0.4) is 0 Å². The molecule has 0 unspecified atom stereocenters. The third-order valence-electron chi connectivity index (χ3n) is 13.3. The summed E-state index contributed by atoms with van der Waals surface area (Å²) in [7, 11) is 0. The van der Waals surface area contributed by atoms with Crippen LogP contribution in [0, 0.1) is 18.8 Å². The van der Waals surface area contributed by atoms with Crippen molar-refractivity contribution >= 4 is 44.6 Å². The second-order valence-corrected chi connectivity index (χ2v) is 19.2. The summed E-state index contributed by atoms with van der Waals surface area (Å²) in [6.07, 6.45) is -0.350. The molecule has 360 valence electrons. The molecule has 12 rings (SSSR count). The fourth-order valence-electron chi connectivity index (χ4n) is 9.49. The van der Waals surface area contributed by atoms with E-state index in [0.717, 1.165) is 33.6 Å². The monoisotopic (exact) mass is 1140 g/mol. The standard InChI is InChI=1S/C67H53N4O.Pt/c1-66(2,3)51-27-17-24-49(40-51)57-31-19-30-56(47-22-11-7-12-23-47)65(57)70-45-69(61-32-15-16-33-62(61)70)53-28-18-29-54(43-53)72-55-35-36-58-59-41-48(46-20-9-6-10-21-46)34-37-60(59)71(63(58)44-55)64-42-52(38-39-68-64)67(4,5)50-25-13-8-14-26-50;/h6-42,45H,1-5H3;/q-3;/i6D,7D,9D,10D,11D,12D,20D,21D,22D,23D,38D,39D,42D;. The van der Waals surface area contributed by atoms with Crippen molar-refractivity contribution in [3.8, 4) is 50.7 Å². The van der Waals surface area contributed by atoms with Gasteiger partial charge in [0.2, 0.25) is 0 Å². The SMILES string of the molecule is [2H]c1nc(-n2c3[c-]c(Oc4[c-]c(N5[CH-]N(c6c(-c7cccc(C(C)(C)C)c7)cccc6-c6c([2H])c([2H])c([2H])c([2H])c6[2H])c6ccccc65)ccc4)ccc3c3cc(-c4c([2H])c([2H])c([2H])c([2H])c4[2H])ccc32)c([2H])c(C(C)(C)c2ccccc2)c1[2H].[Pt]. The van der Waals surface area contributed by atoms with Gasteiger partial charge in [-0.3, -0.25) is 0 Å². The molecule has 0 spiro atoms. The molecule has 9 aromatic carbocycles. The third-order valence-corrected chi connectivity index (χ3v) is 13.3. The number of hydrogen-bond acceptors (Lipinski definition) is 4. The van der Waals surface area contributed by atoms with E-state index in [1.165, 1.54) is 0 Å². The summed E-state index contributed by atoms with van der Waals surface area (Å²) in [5.41, 5.74) is 7.06. The van der Waals surface area contributed by atoms with Gasteiger partial charge < -0.3 is 19.1 Å². The molecule has 5 nitrogen and oxygen atoms in total. The number of hydrogen-bond donors (Lipinski definition) is 0. The molecule has 0 bridgehead atoms. The van der Waals surface area contributed by atoms with Crippen LogP contribution in [0.4, 0.5) is 22.7 Å².